The second-order valence-electron chi connectivity index (χ2n) is 4.77. The summed E-state index contributed by atoms with van der Waals surface area (Å²) in [7, 11) is -5.34. The van der Waals surface area contributed by atoms with Crippen molar-refractivity contribution in [2.75, 3.05) is 0 Å². The lowest BCUT2D eigenvalue weighted by Crippen LogP contribution is -2.08. The van der Waals surface area contributed by atoms with Crippen molar-refractivity contribution in [1.29, 1.82) is 0 Å². The molecule has 0 saturated carbocycles. The summed E-state index contributed by atoms with van der Waals surface area (Å²) in [5.41, 5.74) is -4.36. The van der Waals surface area contributed by atoms with Crippen molar-refractivity contribution in [3.8, 4) is 11.1 Å². The smallest absolute Gasteiger partial charge is 0.271 e. The highest BCUT2D eigenvalue weighted by atomic mass is 32.2. The molecule has 0 N–H and O–H groups in total. The van der Waals surface area contributed by atoms with E-state index in [9.17, 15) is 45.0 Å². The zero-order valence-electron chi connectivity index (χ0n) is 11.9. The van der Waals surface area contributed by atoms with E-state index in [1.165, 1.54) is 0 Å². The van der Waals surface area contributed by atoms with Crippen molar-refractivity contribution in [3.63, 3.8) is 0 Å². The highest BCUT2D eigenvalue weighted by Gasteiger charge is 2.29. The van der Waals surface area contributed by atoms with Gasteiger partial charge in [-0.1, -0.05) is 0 Å². The van der Waals surface area contributed by atoms with Gasteiger partial charge in [0, 0.05) is 12.1 Å². The highest BCUT2D eigenvalue weighted by Crippen LogP contribution is 2.37. The van der Waals surface area contributed by atoms with Gasteiger partial charge in [0.05, 0.1) is 15.4 Å². The summed E-state index contributed by atoms with van der Waals surface area (Å²) in [5, 5.41) is 10.8. The molecule has 25 heavy (non-hydrogen) atoms. The van der Waals surface area contributed by atoms with Gasteiger partial charge in [-0.2, -0.15) is 0 Å². The van der Waals surface area contributed by atoms with Gasteiger partial charge in [0.2, 0.25) is 5.82 Å². The number of nitro benzene ring substituents is 1. The minimum atomic E-state index is -5.34. The molecule has 2 aromatic rings. The Morgan fingerprint density at radius 2 is 1.36 bits per heavy atom. The van der Waals surface area contributed by atoms with Gasteiger partial charge >= 0.3 is 0 Å². The summed E-state index contributed by atoms with van der Waals surface area (Å²) < 4.78 is 101. The van der Waals surface area contributed by atoms with Crippen molar-refractivity contribution in [1.82, 2.24) is 0 Å². The molecule has 0 amide bonds. The lowest BCUT2D eigenvalue weighted by Gasteiger charge is -2.16. The molecule has 134 valence electrons. The Morgan fingerprint density at radius 1 is 0.920 bits per heavy atom. The average Bonchev–Trinajstić information content (AvgIpc) is 2.51. The highest BCUT2D eigenvalue weighted by molar-refractivity contribution is 7.85. The van der Waals surface area contributed by atoms with Crippen molar-refractivity contribution < 1.29 is 39.8 Å². The van der Waals surface area contributed by atoms with Gasteiger partial charge in [-0.05, 0) is 18.1 Å². The first-order chi connectivity index (χ1) is 11.4. The molecule has 0 spiro atoms. The second kappa shape index (κ2) is 6.04. The topological polar surface area (TPSA) is 100 Å². The zero-order chi connectivity index (χ0) is 19.3. The second-order valence-corrected chi connectivity index (χ2v) is 6.12. The van der Waals surface area contributed by atoms with Gasteiger partial charge in [0.25, 0.3) is 5.69 Å². The minimum absolute atomic E-state index is 0.327. The number of non-ortho nitro benzene ring substituents is 1. The average molecular weight is 382 g/mol. The van der Waals surface area contributed by atoms with E-state index in [4.69, 9.17) is 0 Å². The van der Waals surface area contributed by atoms with E-state index in [1.807, 2.05) is 0 Å². The van der Waals surface area contributed by atoms with Crippen LogP contribution in [0, 0.1) is 46.1 Å². The summed E-state index contributed by atoms with van der Waals surface area (Å²) in [6, 6.07) is 0.732. The fraction of sp³-hybridized carbons (Fsp3) is 0.0769. The molecule has 0 heterocycles. The summed E-state index contributed by atoms with van der Waals surface area (Å²) in [4.78, 5) is 8.43. The summed E-state index contributed by atoms with van der Waals surface area (Å²) in [6.45, 7) is 0.835. The standard InChI is InChI=1S/C13H6F5NO5S/c1-4-6(2-5(19(20)21)3-7(4)25(22,23)24)8-9(14)11(16)13(18)12(17)10(8)15/h2-3H,1H3,(H,22,23,24)/p-1. The molecule has 0 unspecified atom stereocenters. The van der Waals surface area contributed by atoms with Gasteiger partial charge in [-0.3, -0.25) is 10.1 Å². The fourth-order valence-electron chi connectivity index (χ4n) is 2.14. The first-order valence-electron chi connectivity index (χ1n) is 6.14. The van der Waals surface area contributed by atoms with E-state index in [2.05, 4.69) is 0 Å². The molecule has 12 heteroatoms. The molecular formula is C13H5F5NO5S-. The van der Waals surface area contributed by atoms with Gasteiger partial charge < -0.3 is 4.55 Å². The number of nitro groups is 1. The fourth-order valence-corrected chi connectivity index (χ4v) is 2.89. The van der Waals surface area contributed by atoms with Crippen LogP contribution in [0.3, 0.4) is 0 Å². The summed E-state index contributed by atoms with van der Waals surface area (Å²) in [6.07, 6.45) is 0. The van der Waals surface area contributed by atoms with Crippen molar-refractivity contribution in [3.05, 3.63) is 56.9 Å². The third-order valence-electron chi connectivity index (χ3n) is 3.30. The van der Waals surface area contributed by atoms with Crippen LogP contribution in [0.5, 0.6) is 0 Å². The molecule has 0 radical (unpaired) electrons. The first-order valence-corrected chi connectivity index (χ1v) is 7.55. The van der Waals surface area contributed by atoms with E-state index in [1.54, 1.807) is 0 Å². The normalized spacial score (nSPS) is 11.6. The zero-order valence-corrected chi connectivity index (χ0v) is 12.8. The van der Waals surface area contributed by atoms with E-state index in [0.717, 1.165) is 6.92 Å². The van der Waals surface area contributed by atoms with E-state index >= 15 is 0 Å². The maximum absolute atomic E-state index is 13.9. The SMILES string of the molecule is Cc1c(-c2c(F)c(F)c(F)c(F)c2F)cc([N+](=O)[O-])cc1S(=O)(=O)[O-]. The third-order valence-corrected chi connectivity index (χ3v) is 4.27. The maximum atomic E-state index is 13.9. The lowest BCUT2D eigenvalue weighted by molar-refractivity contribution is -0.385. The molecule has 0 aliphatic rings. The van der Waals surface area contributed by atoms with Crippen LogP contribution in [0.1, 0.15) is 5.56 Å². The first kappa shape index (κ1) is 18.7. The van der Waals surface area contributed by atoms with Crippen LogP contribution in [0.4, 0.5) is 27.6 Å². The van der Waals surface area contributed by atoms with Crippen LogP contribution >= 0.6 is 0 Å². The van der Waals surface area contributed by atoms with Gasteiger partial charge in [-0.15, -0.1) is 0 Å². The molecule has 2 aromatic carbocycles. The molecule has 0 aliphatic heterocycles. The molecule has 0 fully saturated rings. The molecule has 6 nitrogen and oxygen atoms in total. The number of benzene rings is 2. The van der Waals surface area contributed by atoms with Crippen LogP contribution in [0.2, 0.25) is 0 Å². The van der Waals surface area contributed by atoms with Crippen molar-refractivity contribution in [2.24, 2.45) is 0 Å². The number of halogens is 5. The van der Waals surface area contributed by atoms with E-state index in [-0.39, 0.29) is 0 Å². The van der Waals surface area contributed by atoms with Crippen LogP contribution in [0.25, 0.3) is 11.1 Å². The number of nitrogens with zero attached hydrogens (tertiary/aromatic N) is 1. The maximum Gasteiger partial charge on any atom is 0.271 e. The predicted molar refractivity (Wildman–Crippen MR) is 71.0 cm³/mol. The summed E-state index contributed by atoms with van der Waals surface area (Å²) >= 11 is 0. The Bertz CT molecular complexity index is 993. The summed E-state index contributed by atoms with van der Waals surface area (Å²) in [5.74, 6) is -11.8. The Balaban J connectivity index is 3.04. The molecule has 0 saturated heterocycles. The Kier molecular flexibility index (Phi) is 4.53. The van der Waals surface area contributed by atoms with Crippen LogP contribution < -0.4 is 0 Å². The number of hydrogen-bond acceptors (Lipinski definition) is 5. The molecular weight excluding hydrogens is 377 g/mol. The Morgan fingerprint density at radius 3 is 1.76 bits per heavy atom. The number of rotatable bonds is 3. The van der Waals surface area contributed by atoms with Gasteiger partial charge in [0.15, 0.2) is 23.3 Å². The molecule has 2 rings (SSSR count). The molecule has 0 bridgehead atoms. The van der Waals surface area contributed by atoms with Gasteiger partial charge in [-0.25, -0.2) is 30.4 Å². The molecule has 0 aromatic heterocycles. The monoisotopic (exact) mass is 382 g/mol. The quantitative estimate of drug-likeness (QED) is 0.203. The van der Waals surface area contributed by atoms with Crippen LogP contribution in [-0.4, -0.2) is 17.9 Å². The largest absolute Gasteiger partial charge is 0.744 e. The third kappa shape index (κ3) is 3.05. The lowest BCUT2D eigenvalue weighted by atomic mass is 9.98. The van der Waals surface area contributed by atoms with E-state index < -0.39 is 71.4 Å². The Labute approximate surface area is 136 Å². The van der Waals surface area contributed by atoms with Crippen molar-refractivity contribution >= 4 is 15.8 Å². The van der Waals surface area contributed by atoms with Crippen LogP contribution in [-0.2, 0) is 10.1 Å². The Hall–Kier alpha value is -2.60. The number of hydrogen-bond donors (Lipinski definition) is 0. The van der Waals surface area contributed by atoms with Crippen molar-refractivity contribution in [2.45, 2.75) is 11.8 Å². The molecule has 0 atom stereocenters. The minimum Gasteiger partial charge on any atom is -0.744 e. The molecule has 0 aliphatic carbocycles. The van der Waals surface area contributed by atoms with Gasteiger partial charge in [0.1, 0.15) is 10.1 Å². The van der Waals surface area contributed by atoms with Crippen LogP contribution in [0.15, 0.2) is 17.0 Å². The predicted octanol–water partition coefficient (Wildman–Crippen LogP) is 3.17. The van der Waals surface area contributed by atoms with E-state index in [0.29, 0.717) is 12.1 Å².